The summed E-state index contributed by atoms with van der Waals surface area (Å²) >= 11 is 1.85. The number of fused-ring (bicyclic) bond motifs is 7. The molecule has 2 nitrogen and oxygen atoms in total. The third-order valence-electron chi connectivity index (χ3n) is 6.00. The van der Waals surface area contributed by atoms with Crippen molar-refractivity contribution in [2.75, 3.05) is 5.32 Å². The van der Waals surface area contributed by atoms with Crippen LogP contribution in [0.15, 0.2) is 101 Å². The van der Waals surface area contributed by atoms with Gasteiger partial charge in [-0.2, -0.15) is 0 Å². The number of nitrogens with one attached hydrogen (secondary N) is 1. The molecular weight excluding hydrogens is 398 g/mol. The molecule has 0 aliphatic heterocycles. The molecule has 7 aromatic rings. The molecule has 0 aliphatic rings. The van der Waals surface area contributed by atoms with Crippen LogP contribution >= 0.6 is 11.3 Å². The summed E-state index contributed by atoms with van der Waals surface area (Å²) in [4.78, 5) is 0. The van der Waals surface area contributed by atoms with Crippen LogP contribution in [0.5, 0.6) is 0 Å². The number of hydrogen-bond donors (Lipinski definition) is 1. The molecule has 2 aromatic heterocycles. The number of rotatable bonds is 2. The van der Waals surface area contributed by atoms with Crippen molar-refractivity contribution >= 4 is 75.6 Å². The summed E-state index contributed by atoms with van der Waals surface area (Å²) in [6.07, 6.45) is 0. The van der Waals surface area contributed by atoms with E-state index in [1.54, 1.807) is 0 Å². The number of para-hydroxylation sites is 1. The average Bonchev–Trinajstić information content (AvgIpc) is 3.34. The first-order valence-corrected chi connectivity index (χ1v) is 11.2. The summed E-state index contributed by atoms with van der Waals surface area (Å²) in [7, 11) is 0. The van der Waals surface area contributed by atoms with E-state index in [4.69, 9.17) is 4.42 Å². The molecule has 0 unspecified atom stereocenters. The Morgan fingerprint density at radius 3 is 2.16 bits per heavy atom. The van der Waals surface area contributed by atoms with Crippen molar-refractivity contribution in [1.82, 2.24) is 0 Å². The van der Waals surface area contributed by atoms with Gasteiger partial charge in [-0.05, 0) is 59.3 Å². The molecule has 0 bridgehead atoms. The quantitative estimate of drug-likeness (QED) is 0.305. The molecule has 31 heavy (non-hydrogen) atoms. The Bertz CT molecular complexity index is 1770. The highest BCUT2D eigenvalue weighted by Crippen LogP contribution is 2.38. The van der Waals surface area contributed by atoms with Crippen LogP contribution < -0.4 is 5.32 Å². The zero-order valence-corrected chi connectivity index (χ0v) is 17.4. The molecule has 1 N–H and O–H groups in total. The summed E-state index contributed by atoms with van der Waals surface area (Å²) in [6, 6.07) is 34.3. The Kier molecular flexibility index (Phi) is 3.46. The molecule has 0 spiro atoms. The van der Waals surface area contributed by atoms with Crippen molar-refractivity contribution in [2.24, 2.45) is 0 Å². The van der Waals surface area contributed by atoms with Gasteiger partial charge in [0.1, 0.15) is 11.2 Å². The highest BCUT2D eigenvalue weighted by molar-refractivity contribution is 7.25. The summed E-state index contributed by atoms with van der Waals surface area (Å²) in [5.74, 6) is 0. The van der Waals surface area contributed by atoms with Gasteiger partial charge in [-0.1, -0.05) is 42.5 Å². The van der Waals surface area contributed by atoms with E-state index in [1.807, 2.05) is 29.5 Å². The minimum absolute atomic E-state index is 0.903. The van der Waals surface area contributed by atoms with Gasteiger partial charge in [0.2, 0.25) is 0 Å². The smallest absolute Gasteiger partial charge is 0.137 e. The van der Waals surface area contributed by atoms with Gasteiger partial charge in [-0.15, -0.1) is 11.3 Å². The third-order valence-corrected chi connectivity index (χ3v) is 7.14. The Morgan fingerprint density at radius 1 is 0.516 bits per heavy atom. The Hall–Kier alpha value is -3.82. The summed E-state index contributed by atoms with van der Waals surface area (Å²) < 4.78 is 8.69. The Labute approximate surface area is 182 Å². The number of hydrogen-bond acceptors (Lipinski definition) is 3. The molecule has 0 fully saturated rings. The van der Waals surface area contributed by atoms with E-state index < -0.39 is 0 Å². The van der Waals surface area contributed by atoms with Crippen molar-refractivity contribution in [3.63, 3.8) is 0 Å². The van der Waals surface area contributed by atoms with E-state index in [-0.39, 0.29) is 0 Å². The number of anilines is 2. The topological polar surface area (TPSA) is 25.2 Å². The predicted octanol–water partition coefficient (Wildman–Crippen LogP) is 8.85. The summed E-state index contributed by atoms with van der Waals surface area (Å²) in [5, 5.41) is 11.0. The highest BCUT2D eigenvalue weighted by Gasteiger charge is 2.10. The standard InChI is InChI=1S/C28H17NOS/c1-2-6-18-14-28-23(13-17(18)5-1)24-15-19(10-12-27(24)31-28)29-20-9-11-22-21-7-3-4-8-25(21)30-26(22)16-20/h1-16,29H. The Balaban J connectivity index is 1.33. The van der Waals surface area contributed by atoms with Gasteiger partial charge >= 0.3 is 0 Å². The van der Waals surface area contributed by atoms with Gasteiger partial charge in [-0.3, -0.25) is 0 Å². The molecule has 146 valence electrons. The van der Waals surface area contributed by atoms with Crippen LogP contribution in [0.4, 0.5) is 11.4 Å². The second-order valence-corrected chi connectivity index (χ2v) is 9.03. The molecule has 2 heterocycles. The first-order chi connectivity index (χ1) is 15.3. The molecule has 0 radical (unpaired) electrons. The SMILES string of the molecule is c1ccc2cc3c(cc2c1)sc1ccc(Nc2ccc4c(c2)oc2ccccc24)cc13. The molecular formula is C28H17NOS. The van der Waals surface area contributed by atoms with Gasteiger partial charge in [0, 0.05) is 48.4 Å². The fourth-order valence-corrected chi connectivity index (χ4v) is 5.63. The lowest BCUT2D eigenvalue weighted by Crippen LogP contribution is -1.89. The van der Waals surface area contributed by atoms with Gasteiger partial charge in [-0.25, -0.2) is 0 Å². The van der Waals surface area contributed by atoms with Gasteiger partial charge in [0.25, 0.3) is 0 Å². The molecule has 0 amide bonds. The normalized spacial score (nSPS) is 11.9. The largest absolute Gasteiger partial charge is 0.456 e. The zero-order valence-electron chi connectivity index (χ0n) is 16.6. The van der Waals surface area contributed by atoms with Crippen molar-refractivity contribution < 1.29 is 4.42 Å². The van der Waals surface area contributed by atoms with Crippen LogP contribution in [0.25, 0.3) is 52.9 Å². The van der Waals surface area contributed by atoms with E-state index in [1.165, 1.54) is 30.9 Å². The fourth-order valence-electron chi connectivity index (χ4n) is 4.51. The lowest BCUT2D eigenvalue weighted by atomic mass is 10.1. The maximum absolute atomic E-state index is 6.05. The van der Waals surface area contributed by atoms with Crippen LogP contribution in [-0.2, 0) is 0 Å². The minimum Gasteiger partial charge on any atom is -0.456 e. The lowest BCUT2D eigenvalue weighted by Gasteiger charge is -2.07. The third kappa shape index (κ3) is 2.64. The monoisotopic (exact) mass is 415 g/mol. The zero-order chi connectivity index (χ0) is 20.4. The molecule has 0 aliphatic carbocycles. The van der Waals surface area contributed by atoms with Gasteiger partial charge < -0.3 is 9.73 Å². The van der Waals surface area contributed by atoms with E-state index in [0.29, 0.717) is 0 Å². The molecule has 0 saturated heterocycles. The maximum atomic E-state index is 6.05. The molecule has 5 aromatic carbocycles. The molecule has 7 rings (SSSR count). The van der Waals surface area contributed by atoms with Crippen LogP contribution in [-0.4, -0.2) is 0 Å². The van der Waals surface area contributed by atoms with Crippen LogP contribution in [0, 0.1) is 0 Å². The molecule has 0 saturated carbocycles. The lowest BCUT2D eigenvalue weighted by molar-refractivity contribution is 0.669. The van der Waals surface area contributed by atoms with E-state index in [9.17, 15) is 0 Å². The van der Waals surface area contributed by atoms with E-state index in [2.05, 4.69) is 84.2 Å². The number of furan rings is 1. The second-order valence-electron chi connectivity index (χ2n) is 7.94. The summed E-state index contributed by atoms with van der Waals surface area (Å²) in [6.45, 7) is 0. The average molecular weight is 416 g/mol. The van der Waals surface area contributed by atoms with Crippen LogP contribution in [0.2, 0.25) is 0 Å². The molecule has 0 atom stereocenters. The van der Waals surface area contributed by atoms with Gasteiger partial charge in [0.15, 0.2) is 0 Å². The summed E-state index contributed by atoms with van der Waals surface area (Å²) in [5.41, 5.74) is 3.93. The van der Waals surface area contributed by atoms with Crippen molar-refractivity contribution in [3.05, 3.63) is 97.1 Å². The van der Waals surface area contributed by atoms with E-state index >= 15 is 0 Å². The van der Waals surface area contributed by atoms with Crippen LogP contribution in [0.1, 0.15) is 0 Å². The van der Waals surface area contributed by atoms with E-state index in [0.717, 1.165) is 33.3 Å². The highest BCUT2D eigenvalue weighted by atomic mass is 32.1. The first-order valence-electron chi connectivity index (χ1n) is 10.4. The second kappa shape index (κ2) is 6.34. The number of thiophene rings is 1. The van der Waals surface area contributed by atoms with Crippen molar-refractivity contribution in [3.8, 4) is 0 Å². The fraction of sp³-hybridized carbons (Fsp3) is 0. The Morgan fingerprint density at radius 2 is 1.23 bits per heavy atom. The maximum Gasteiger partial charge on any atom is 0.137 e. The van der Waals surface area contributed by atoms with Gasteiger partial charge in [0.05, 0.1) is 0 Å². The first kappa shape index (κ1) is 16.9. The molecule has 3 heteroatoms. The minimum atomic E-state index is 0.903. The number of benzene rings is 5. The van der Waals surface area contributed by atoms with Crippen molar-refractivity contribution in [2.45, 2.75) is 0 Å². The predicted molar refractivity (Wildman–Crippen MR) is 134 cm³/mol. The van der Waals surface area contributed by atoms with Crippen molar-refractivity contribution in [1.29, 1.82) is 0 Å². The van der Waals surface area contributed by atoms with Crippen LogP contribution in [0.3, 0.4) is 0 Å².